The highest BCUT2D eigenvalue weighted by Gasteiger charge is 2.30. The van der Waals surface area contributed by atoms with E-state index < -0.39 is 18.2 Å². The maximum Gasteiger partial charge on any atom is 0.415 e. The third kappa shape index (κ3) is 33.2. The molecule has 2 aliphatic heterocycles. The SMILES string of the molecule is CC(=O)NCc1ccc(OCC(C)C)cc1.CN1CCC(N(Cc2ccc(F)cc2)C(=O)Oc2ccccc2)CC1.COC(=O)N(Cc1ccc(F)cc1)C1CCN(C)CC1.COC(=O)NCc1ccc(OCC(C)C)cc1.COC(=O)c1ccccc1OC(=O)NCc1ccc(OCC(C)C)cc1. The number of ether oxygens (including phenoxy) is 8. The van der Waals surface area contributed by atoms with Gasteiger partial charge in [0, 0.05) is 51.7 Å². The number of alkyl carbamates (subject to hydrolysis) is 1. The molecule has 2 fully saturated rings. The Labute approximate surface area is 612 Å². The van der Waals surface area contributed by atoms with Crippen LogP contribution in [-0.2, 0) is 51.7 Å². The van der Waals surface area contributed by atoms with Crippen molar-refractivity contribution in [2.24, 2.45) is 17.8 Å². The number of hydrogen-bond acceptors (Lipinski definition) is 16. The Kier molecular flexibility index (Phi) is 37.6. The van der Waals surface area contributed by atoms with Crippen LogP contribution in [0.25, 0.3) is 0 Å². The highest BCUT2D eigenvalue weighted by molar-refractivity contribution is 5.93. The number of piperidine rings is 2. The average Bonchev–Trinajstić information content (AvgIpc) is 0.847. The van der Waals surface area contributed by atoms with Crippen LogP contribution in [0.15, 0.2) is 176 Å². The minimum atomic E-state index is -0.651. The summed E-state index contributed by atoms with van der Waals surface area (Å²) in [5.74, 6) is 3.56. The van der Waals surface area contributed by atoms with E-state index in [1.165, 1.54) is 64.7 Å². The van der Waals surface area contributed by atoms with Crippen LogP contribution >= 0.6 is 0 Å². The molecule has 0 bridgehead atoms. The fraction of sp³-hybridized carbons (Fsp3) is 0.407. The molecule has 0 aromatic heterocycles. The third-order valence-corrected chi connectivity index (χ3v) is 16.0. The third-order valence-electron chi connectivity index (χ3n) is 16.0. The Bertz CT molecular complexity index is 3630. The zero-order valence-electron chi connectivity index (χ0n) is 62.2. The smallest absolute Gasteiger partial charge is 0.415 e. The van der Waals surface area contributed by atoms with Gasteiger partial charge in [0.1, 0.15) is 45.9 Å². The Balaban J connectivity index is 0.000000237. The number of amides is 5. The molecule has 21 nitrogen and oxygen atoms in total. The van der Waals surface area contributed by atoms with E-state index in [-0.39, 0.29) is 53.1 Å². The topological polar surface area (TPSA) is 225 Å². The number of likely N-dealkylation sites (tertiary alicyclic amines) is 2. The number of benzene rings is 7. The van der Waals surface area contributed by atoms with Crippen molar-refractivity contribution < 1.29 is 75.4 Å². The lowest BCUT2D eigenvalue weighted by Gasteiger charge is -2.36. The molecular weight excluding hydrogens is 1330 g/mol. The Hall–Kier alpha value is -10.3. The van der Waals surface area contributed by atoms with Gasteiger partial charge in [-0.2, -0.15) is 0 Å². The number of methoxy groups -OCH3 is 3. The van der Waals surface area contributed by atoms with Crippen molar-refractivity contribution >= 4 is 36.2 Å². The summed E-state index contributed by atoms with van der Waals surface area (Å²) in [5.41, 5.74) is 4.98. The first-order valence-electron chi connectivity index (χ1n) is 35.0. The van der Waals surface area contributed by atoms with Crippen molar-refractivity contribution in [1.29, 1.82) is 0 Å². The molecule has 2 aliphatic rings. The van der Waals surface area contributed by atoms with E-state index in [2.05, 4.69) is 90.9 Å². The molecule has 0 saturated carbocycles. The summed E-state index contributed by atoms with van der Waals surface area (Å²) in [5, 5.41) is 8.02. The van der Waals surface area contributed by atoms with Gasteiger partial charge in [0.15, 0.2) is 0 Å². The summed E-state index contributed by atoms with van der Waals surface area (Å²) in [4.78, 5) is 78.1. The van der Waals surface area contributed by atoms with Crippen LogP contribution in [0.3, 0.4) is 0 Å². The number of para-hydroxylation sites is 2. The molecule has 0 unspecified atom stereocenters. The molecule has 3 N–H and O–H groups in total. The summed E-state index contributed by atoms with van der Waals surface area (Å²) in [6.45, 7) is 22.3. The largest absolute Gasteiger partial charge is 0.493 e. The van der Waals surface area contributed by atoms with Crippen molar-refractivity contribution in [3.8, 4) is 28.7 Å². The lowest BCUT2D eigenvalue weighted by atomic mass is 10.0. The van der Waals surface area contributed by atoms with Crippen LogP contribution in [0.1, 0.15) is 112 Å². The number of nitrogens with zero attached hydrogens (tertiary/aromatic N) is 4. The van der Waals surface area contributed by atoms with Crippen molar-refractivity contribution in [3.05, 3.63) is 221 Å². The maximum absolute atomic E-state index is 13.2. The predicted molar refractivity (Wildman–Crippen MR) is 398 cm³/mol. The minimum absolute atomic E-state index is 0.0138. The van der Waals surface area contributed by atoms with Crippen LogP contribution in [-0.4, -0.2) is 149 Å². The van der Waals surface area contributed by atoms with Gasteiger partial charge in [0.2, 0.25) is 5.91 Å². The van der Waals surface area contributed by atoms with E-state index in [1.54, 1.807) is 58.3 Å². The zero-order valence-corrected chi connectivity index (χ0v) is 62.2. The maximum atomic E-state index is 13.2. The van der Waals surface area contributed by atoms with Gasteiger partial charge in [-0.15, -0.1) is 0 Å². The standard InChI is InChI=1S/C20H23FN2O2.C20H23NO5.C15H21FN2O2.C13H19NO3.C13H19NO2/c1-22-13-11-18(12-14-22)23(15-16-7-9-17(21)10-8-16)20(24)25-19-5-3-2-4-6-19;1-14(2)13-25-16-10-8-15(9-11-16)12-21-20(23)26-18-7-5-4-6-17(18)19(22)24-3;1-17-9-7-14(8-10-17)18(15(19)20-2)11-12-3-5-13(16)6-4-12;1-10(2)9-17-12-6-4-11(5-7-12)8-14-13(15)16-3;1-10(2)9-16-13-6-4-12(5-7-13)8-14-11(3)15/h2-10,18H,11-15H2,1H3;4-11,14H,12-13H2,1-3H3,(H,21,23);3-6,14H,7-11H2,1-2H3;4-7,10H,8-9H2,1-3H3,(H,14,15);4-7,10H,8-9H2,1-3H3,(H,14,15). The minimum Gasteiger partial charge on any atom is -0.493 e. The lowest BCUT2D eigenvalue weighted by molar-refractivity contribution is -0.119. The van der Waals surface area contributed by atoms with Crippen molar-refractivity contribution in [2.45, 2.75) is 119 Å². The molecule has 5 amide bonds. The van der Waals surface area contributed by atoms with Gasteiger partial charge in [0.05, 0.1) is 41.2 Å². The van der Waals surface area contributed by atoms with Crippen molar-refractivity contribution in [2.75, 3.05) is 81.4 Å². The summed E-state index contributed by atoms with van der Waals surface area (Å²) in [6, 6.07) is 51.2. The molecule has 0 atom stereocenters. The highest BCUT2D eigenvalue weighted by Crippen LogP contribution is 2.25. The summed E-state index contributed by atoms with van der Waals surface area (Å²) in [7, 11) is 8.18. The van der Waals surface area contributed by atoms with Crippen LogP contribution in [0, 0.1) is 29.4 Å². The number of carbonyl (C=O) groups is 6. The van der Waals surface area contributed by atoms with E-state index in [4.69, 9.17) is 28.4 Å². The molecule has 2 heterocycles. The predicted octanol–water partition coefficient (Wildman–Crippen LogP) is 15.1. The molecule has 23 heteroatoms. The molecule has 0 spiro atoms. The van der Waals surface area contributed by atoms with Crippen molar-refractivity contribution in [1.82, 2.24) is 35.6 Å². The van der Waals surface area contributed by atoms with E-state index >= 15 is 0 Å². The van der Waals surface area contributed by atoms with Crippen LogP contribution in [0.2, 0.25) is 0 Å². The van der Waals surface area contributed by atoms with Gasteiger partial charge in [0.25, 0.3) is 0 Å². The number of halogens is 2. The fourth-order valence-corrected chi connectivity index (χ4v) is 10.2. The molecule has 7 aromatic carbocycles. The molecule has 562 valence electrons. The number of carbonyl (C=O) groups excluding carboxylic acids is 6. The number of esters is 1. The van der Waals surface area contributed by atoms with Crippen LogP contribution in [0.4, 0.5) is 28.0 Å². The number of nitrogens with one attached hydrogen (secondary N) is 3. The molecule has 104 heavy (non-hydrogen) atoms. The second-order valence-electron chi connectivity index (χ2n) is 26.3. The van der Waals surface area contributed by atoms with Gasteiger partial charge in [-0.05, 0) is 196 Å². The van der Waals surface area contributed by atoms with Gasteiger partial charge >= 0.3 is 30.3 Å². The number of rotatable bonds is 24. The van der Waals surface area contributed by atoms with Crippen LogP contribution in [0.5, 0.6) is 28.7 Å². The van der Waals surface area contributed by atoms with Gasteiger partial charge in [-0.25, -0.2) is 32.8 Å². The first kappa shape index (κ1) is 84.4. The highest BCUT2D eigenvalue weighted by atomic mass is 19.1. The molecule has 0 radical (unpaired) electrons. The van der Waals surface area contributed by atoms with Gasteiger partial charge < -0.3 is 73.4 Å². The van der Waals surface area contributed by atoms with Crippen molar-refractivity contribution in [3.63, 3.8) is 0 Å². The van der Waals surface area contributed by atoms with E-state index in [0.717, 1.165) is 104 Å². The molecule has 0 aliphatic carbocycles. The van der Waals surface area contributed by atoms with Gasteiger partial charge in [-0.1, -0.05) is 133 Å². The lowest BCUT2D eigenvalue weighted by Crippen LogP contribution is -2.47. The van der Waals surface area contributed by atoms with E-state index in [0.29, 0.717) is 69.4 Å². The second-order valence-corrected chi connectivity index (χ2v) is 26.3. The Morgan fingerprint density at radius 1 is 0.423 bits per heavy atom. The molecule has 7 aromatic rings. The summed E-state index contributed by atoms with van der Waals surface area (Å²) in [6.07, 6.45) is 1.93. The molecule has 9 rings (SSSR count). The Morgan fingerprint density at radius 3 is 1.16 bits per heavy atom. The zero-order chi connectivity index (χ0) is 75.8. The monoisotopic (exact) mass is 1440 g/mol. The first-order valence-corrected chi connectivity index (χ1v) is 35.0. The Morgan fingerprint density at radius 2 is 0.788 bits per heavy atom. The van der Waals surface area contributed by atoms with Crippen LogP contribution < -0.4 is 39.6 Å². The number of hydrogen-bond donors (Lipinski definition) is 3. The van der Waals surface area contributed by atoms with E-state index in [9.17, 15) is 37.5 Å². The normalized spacial score (nSPS) is 12.9. The quantitative estimate of drug-likeness (QED) is 0.0378. The summed E-state index contributed by atoms with van der Waals surface area (Å²) >= 11 is 0. The average molecular weight is 1440 g/mol. The molecular formula is C81H105F2N7O14. The van der Waals surface area contributed by atoms with Gasteiger partial charge in [-0.3, -0.25) is 4.79 Å². The molecule has 2 saturated heterocycles. The first-order chi connectivity index (χ1) is 49.9. The second kappa shape index (κ2) is 46.4. The fourth-order valence-electron chi connectivity index (χ4n) is 10.2. The summed E-state index contributed by atoms with van der Waals surface area (Å²) < 4.78 is 67.6. The van der Waals surface area contributed by atoms with E-state index in [1.807, 2.05) is 91.0 Å².